The van der Waals surface area contributed by atoms with E-state index in [1.54, 1.807) is 4.90 Å². The number of nitrogens with two attached hydrogens (primary N) is 1. The van der Waals surface area contributed by atoms with Crippen molar-refractivity contribution in [1.82, 2.24) is 4.90 Å². The molecule has 13 heavy (non-hydrogen) atoms. The number of piperidine rings is 1. The summed E-state index contributed by atoms with van der Waals surface area (Å²) in [6.45, 7) is 5.23. The van der Waals surface area contributed by atoms with E-state index in [0.717, 1.165) is 0 Å². The van der Waals surface area contributed by atoms with Crippen LogP contribution < -0.4 is 5.73 Å². The standard InChI is InChI=1S/C9H18N2O2/c1-6-4-11(8(12)3-10)5-7(2)9(6)13/h6-7,9,13H,3-5,10H2,1-2H3. The summed E-state index contributed by atoms with van der Waals surface area (Å²) in [4.78, 5) is 13.0. The monoisotopic (exact) mass is 186 g/mol. The van der Waals surface area contributed by atoms with Crippen LogP contribution in [0, 0.1) is 11.8 Å². The molecule has 1 amide bonds. The molecule has 4 heteroatoms. The van der Waals surface area contributed by atoms with E-state index >= 15 is 0 Å². The third-order valence-corrected chi connectivity index (χ3v) is 2.71. The third-order valence-electron chi connectivity index (χ3n) is 2.71. The normalized spacial score (nSPS) is 34.8. The molecule has 1 aliphatic rings. The first kappa shape index (κ1) is 10.5. The average Bonchev–Trinajstić information content (AvgIpc) is 2.12. The van der Waals surface area contributed by atoms with Gasteiger partial charge in [0.25, 0.3) is 0 Å². The molecule has 76 valence electrons. The lowest BCUT2D eigenvalue weighted by Crippen LogP contribution is -2.51. The number of amides is 1. The van der Waals surface area contributed by atoms with Crippen LogP contribution in [-0.4, -0.2) is 41.7 Å². The van der Waals surface area contributed by atoms with E-state index in [1.165, 1.54) is 0 Å². The van der Waals surface area contributed by atoms with Gasteiger partial charge in [0.1, 0.15) is 0 Å². The molecule has 1 saturated heterocycles. The highest BCUT2D eigenvalue weighted by Crippen LogP contribution is 2.21. The van der Waals surface area contributed by atoms with Crippen LogP contribution in [0.5, 0.6) is 0 Å². The van der Waals surface area contributed by atoms with Crippen LogP contribution in [0.15, 0.2) is 0 Å². The molecular formula is C9H18N2O2. The second-order valence-electron chi connectivity index (χ2n) is 3.95. The predicted octanol–water partition coefficient (Wildman–Crippen LogP) is -0.580. The fraction of sp³-hybridized carbons (Fsp3) is 0.889. The summed E-state index contributed by atoms with van der Waals surface area (Å²) >= 11 is 0. The lowest BCUT2D eigenvalue weighted by molar-refractivity contribution is -0.135. The first-order valence-corrected chi connectivity index (χ1v) is 4.72. The van der Waals surface area contributed by atoms with Crippen molar-refractivity contribution < 1.29 is 9.90 Å². The minimum Gasteiger partial charge on any atom is -0.392 e. The van der Waals surface area contributed by atoms with Crippen molar-refractivity contribution in [1.29, 1.82) is 0 Å². The van der Waals surface area contributed by atoms with Crippen molar-refractivity contribution in [3.8, 4) is 0 Å². The van der Waals surface area contributed by atoms with Gasteiger partial charge in [0, 0.05) is 13.1 Å². The van der Waals surface area contributed by atoms with Gasteiger partial charge in [-0.1, -0.05) is 13.8 Å². The second kappa shape index (κ2) is 4.07. The summed E-state index contributed by atoms with van der Waals surface area (Å²) in [5, 5.41) is 9.65. The first-order chi connectivity index (χ1) is 6.06. The molecule has 4 nitrogen and oxygen atoms in total. The Bertz CT molecular complexity index is 184. The van der Waals surface area contributed by atoms with Crippen molar-refractivity contribution in [2.45, 2.75) is 20.0 Å². The van der Waals surface area contributed by atoms with Gasteiger partial charge in [-0.3, -0.25) is 4.79 Å². The molecule has 1 aliphatic heterocycles. The maximum absolute atomic E-state index is 11.3. The SMILES string of the molecule is CC1CN(C(=O)CN)CC(C)C1O. The Labute approximate surface area is 78.7 Å². The summed E-state index contributed by atoms with van der Waals surface area (Å²) in [7, 11) is 0. The number of aliphatic hydroxyl groups is 1. The van der Waals surface area contributed by atoms with Crippen LogP contribution in [0.2, 0.25) is 0 Å². The van der Waals surface area contributed by atoms with E-state index in [-0.39, 0.29) is 30.4 Å². The largest absolute Gasteiger partial charge is 0.392 e. The first-order valence-electron chi connectivity index (χ1n) is 4.72. The van der Waals surface area contributed by atoms with E-state index in [4.69, 9.17) is 5.73 Å². The molecule has 3 N–H and O–H groups in total. The average molecular weight is 186 g/mol. The number of likely N-dealkylation sites (tertiary alicyclic amines) is 1. The van der Waals surface area contributed by atoms with Gasteiger partial charge in [0.15, 0.2) is 0 Å². The zero-order valence-corrected chi connectivity index (χ0v) is 8.23. The molecule has 0 radical (unpaired) electrons. The topological polar surface area (TPSA) is 66.6 Å². The maximum Gasteiger partial charge on any atom is 0.236 e. The fourth-order valence-electron chi connectivity index (χ4n) is 1.88. The third kappa shape index (κ3) is 2.19. The molecule has 2 atom stereocenters. The van der Waals surface area contributed by atoms with Gasteiger partial charge in [-0.05, 0) is 11.8 Å². The van der Waals surface area contributed by atoms with E-state index in [0.29, 0.717) is 13.1 Å². The van der Waals surface area contributed by atoms with Crippen molar-refractivity contribution >= 4 is 5.91 Å². The number of carbonyl (C=O) groups is 1. The molecule has 2 unspecified atom stereocenters. The van der Waals surface area contributed by atoms with Gasteiger partial charge in [-0.25, -0.2) is 0 Å². The van der Waals surface area contributed by atoms with Crippen LogP contribution >= 0.6 is 0 Å². The quantitative estimate of drug-likeness (QED) is 0.576. The van der Waals surface area contributed by atoms with Crippen molar-refractivity contribution in [3.05, 3.63) is 0 Å². The molecule has 0 saturated carbocycles. The summed E-state index contributed by atoms with van der Waals surface area (Å²) in [6.07, 6.45) is -0.290. The van der Waals surface area contributed by atoms with Crippen molar-refractivity contribution in [3.63, 3.8) is 0 Å². The highest BCUT2D eigenvalue weighted by atomic mass is 16.3. The molecule has 0 aromatic heterocycles. The zero-order chi connectivity index (χ0) is 10.0. The summed E-state index contributed by atoms with van der Waals surface area (Å²) < 4.78 is 0. The Morgan fingerprint density at radius 2 is 1.92 bits per heavy atom. The maximum atomic E-state index is 11.3. The van der Waals surface area contributed by atoms with Crippen LogP contribution in [0.1, 0.15) is 13.8 Å². The molecule has 0 aromatic rings. The minimum atomic E-state index is -0.290. The van der Waals surface area contributed by atoms with Crippen molar-refractivity contribution in [2.24, 2.45) is 17.6 Å². The molecule has 0 aromatic carbocycles. The number of rotatable bonds is 1. The number of hydrogen-bond acceptors (Lipinski definition) is 3. The van der Waals surface area contributed by atoms with Gasteiger partial charge in [-0.2, -0.15) is 0 Å². The molecule has 0 aliphatic carbocycles. The Balaban J connectivity index is 2.58. The molecule has 0 spiro atoms. The lowest BCUT2D eigenvalue weighted by atomic mass is 9.88. The Morgan fingerprint density at radius 3 is 2.31 bits per heavy atom. The zero-order valence-electron chi connectivity index (χ0n) is 8.23. The van der Waals surface area contributed by atoms with Crippen LogP contribution in [-0.2, 0) is 4.79 Å². The van der Waals surface area contributed by atoms with Crippen molar-refractivity contribution in [2.75, 3.05) is 19.6 Å². The van der Waals surface area contributed by atoms with Gasteiger partial charge < -0.3 is 15.7 Å². The van der Waals surface area contributed by atoms with Gasteiger partial charge in [0.2, 0.25) is 5.91 Å². The highest BCUT2D eigenvalue weighted by Gasteiger charge is 2.31. The van der Waals surface area contributed by atoms with Crippen LogP contribution in [0.4, 0.5) is 0 Å². The number of aliphatic hydroxyl groups excluding tert-OH is 1. The highest BCUT2D eigenvalue weighted by molar-refractivity contribution is 5.78. The smallest absolute Gasteiger partial charge is 0.236 e. The summed E-state index contributed by atoms with van der Waals surface area (Å²) in [5.74, 6) is 0.282. The number of hydrogen-bond donors (Lipinski definition) is 2. The second-order valence-corrected chi connectivity index (χ2v) is 3.95. The lowest BCUT2D eigenvalue weighted by Gasteiger charge is -2.38. The van der Waals surface area contributed by atoms with E-state index in [1.807, 2.05) is 13.8 Å². The molecular weight excluding hydrogens is 168 g/mol. The van der Waals surface area contributed by atoms with E-state index in [2.05, 4.69) is 0 Å². The molecule has 0 bridgehead atoms. The summed E-state index contributed by atoms with van der Waals surface area (Å²) in [6, 6.07) is 0. The Morgan fingerprint density at radius 1 is 1.46 bits per heavy atom. The Kier molecular flexibility index (Phi) is 3.27. The fourth-order valence-corrected chi connectivity index (χ4v) is 1.88. The van der Waals surface area contributed by atoms with Gasteiger partial charge >= 0.3 is 0 Å². The number of carbonyl (C=O) groups excluding carboxylic acids is 1. The summed E-state index contributed by atoms with van der Waals surface area (Å²) in [5.41, 5.74) is 5.27. The van der Waals surface area contributed by atoms with Crippen LogP contribution in [0.25, 0.3) is 0 Å². The van der Waals surface area contributed by atoms with E-state index in [9.17, 15) is 9.90 Å². The molecule has 1 fully saturated rings. The molecule has 1 heterocycles. The number of nitrogens with zero attached hydrogens (tertiary/aromatic N) is 1. The van der Waals surface area contributed by atoms with E-state index < -0.39 is 0 Å². The van der Waals surface area contributed by atoms with Crippen LogP contribution in [0.3, 0.4) is 0 Å². The predicted molar refractivity (Wildman–Crippen MR) is 50.0 cm³/mol. The van der Waals surface area contributed by atoms with Gasteiger partial charge in [0.05, 0.1) is 12.6 Å². The Hall–Kier alpha value is -0.610. The molecule has 1 rings (SSSR count). The minimum absolute atomic E-state index is 0.0226. The van der Waals surface area contributed by atoms with Gasteiger partial charge in [-0.15, -0.1) is 0 Å².